The fourth-order valence-electron chi connectivity index (χ4n) is 2.94. The molecule has 0 amide bonds. The molecule has 140 valence electrons. The van der Waals surface area contributed by atoms with Crippen molar-refractivity contribution >= 4 is 11.6 Å². The summed E-state index contributed by atoms with van der Waals surface area (Å²) in [5.74, 6) is 2.94. The van der Waals surface area contributed by atoms with E-state index < -0.39 is 0 Å². The second-order valence-electron chi connectivity index (χ2n) is 6.08. The van der Waals surface area contributed by atoms with Crippen LogP contribution in [0.3, 0.4) is 0 Å². The summed E-state index contributed by atoms with van der Waals surface area (Å²) < 4.78 is 10.4. The van der Waals surface area contributed by atoms with E-state index in [0.717, 1.165) is 44.4 Å². The number of ether oxygens (including phenoxy) is 1. The van der Waals surface area contributed by atoms with Crippen LogP contribution in [0.15, 0.2) is 33.8 Å². The van der Waals surface area contributed by atoms with Gasteiger partial charge in [0.25, 0.3) is 0 Å². The number of nitrogens with zero attached hydrogens (tertiary/aromatic N) is 5. The average molecular weight is 358 g/mol. The zero-order chi connectivity index (χ0) is 18.4. The van der Waals surface area contributed by atoms with Gasteiger partial charge in [-0.05, 0) is 38.1 Å². The summed E-state index contributed by atoms with van der Waals surface area (Å²) >= 11 is 0. The normalized spacial score (nSPS) is 15.3. The number of nitrogens with one attached hydrogen (secondary N) is 1. The summed E-state index contributed by atoms with van der Waals surface area (Å²) in [5, 5.41) is 7.15. The van der Waals surface area contributed by atoms with Gasteiger partial charge in [-0.1, -0.05) is 5.16 Å². The number of methoxy groups -OCH3 is 1. The molecular weight excluding hydrogens is 332 g/mol. The lowest BCUT2D eigenvalue weighted by Crippen LogP contribution is -2.52. The van der Waals surface area contributed by atoms with Crippen LogP contribution in [0, 0.1) is 6.92 Å². The number of aromatic nitrogens is 2. The van der Waals surface area contributed by atoms with Crippen molar-refractivity contribution in [2.45, 2.75) is 20.4 Å². The van der Waals surface area contributed by atoms with E-state index in [9.17, 15) is 0 Å². The first-order chi connectivity index (χ1) is 12.7. The van der Waals surface area contributed by atoms with Crippen LogP contribution < -0.4 is 15.0 Å². The van der Waals surface area contributed by atoms with Crippen LogP contribution in [0.2, 0.25) is 0 Å². The molecule has 1 aliphatic heterocycles. The van der Waals surface area contributed by atoms with Gasteiger partial charge in [-0.15, -0.1) is 0 Å². The van der Waals surface area contributed by atoms with Gasteiger partial charge in [-0.25, -0.2) is 4.99 Å². The van der Waals surface area contributed by atoms with Crippen LogP contribution in [0.4, 0.5) is 5.69 Å². The average Bonchev–Trinajstić information content (AvgIpc) is 3.10. The summed E-state index contributed by atoms with van der Waals surface area (Å²) in [4.78, 5) is 13.5. The maximum atomic E-state index is 5.23. The lowest BCUT2D eigenvalue weighted by atomic mass is 10.2. The van der Waals surface area contributed by atoms with Crippen molar-refractivity contribution in [3.63, 3.8) is 0 Å². The quantitative estimate of drug-likeness (QED) is 0.643. The first kappa shape index (κ1) is 18.0. The molecule has 2 heterocycles. The number of aliphatic imine (C=N–C) groups is 1. The van der Waals surface area contributed by atoms with Gasteiger partial charge in [-0.3, -0.25) is 0 Å². The Balaban J connectivity index is 1.59. The number of benzene rings is 1. The third-order valence-electron chi connectivity index (χ3n) is 4.29. The van der Waals surface area contributed by atoms with Gasteiger partial charge in [0, 0.05) is 38.4 Å². The van der Waals surface area contributed by atoms with Gasteiger partial charge in [0.2, 0.25) is 5.89 Å². The largest absolute Gasteiger partial charge is 0.497 e. The Morgan fingerprint density at radius 1 is 1.23 bits per heavy atom. The molecule has 0 radical (unpaired) electrons. The van der Waals surface area contributed by atoms with Gasteiger partial charge >= 0.3 is 0 Å². The van der Waals surface area contributed by atoms with E-state index in [0.29, 0.717) is 18.3 Å². The number of aryl methyl sites for hydroxylation is 1. The van der Waals surface area contributed by atoms with Gasteiger partial charge in [0.15, 0.2) is 11.8 Å². The number of guanidine groups is 1. The second kappa shape index (κ2) is 8.55. The third-order valence-corrected chi connectivity index (χ3v) is 4.29. The number of hydrogen-bond donors (Lipinski definition) is 1. The standard InChI is InChI=1S/C18H26N6O2/c1-4-19-18(20-13-17-21-14(2)22-26-17)24-11-9-23(10-12-24)15-5-7-16(25-3)8-6-15/h5-8H,4,9-13H2,1-3H3,(H,19,20). The van der Waals surface area contributed by atoms with Gasteiger partial charge in [0.05, 0.1) is 7.11 Å². The van der Waals surface area contributed by atoms with Gasteiger partial charge < -0.3 is 24.4 Å². The molecule has 1 aromatic carbocycles. The molecule has 8 nitrogen and oxygen atoms in total. The minimum absolute atomic E-state index is 0.391. The van der Waals surface area contributed by atoms with E-state index in [1.807, 2.05) is 12.1 Å². The molecular formula is C18H26N6O2. The summed E-state index contributed by atoms with van der Waals surface area (Å²) in [6, 6.07) is 8.20. The molecule has 0 bridgehead atoms. The Bertz CT molecular complexity index is 720. The fraction of sp³-hybridized carbons (Fsp3) is 0.500. The van der Waals surface area contributed by atoms with E-state index >= 15 is 0 Å². The SMILES string of the molecule is CCNC(=NCc1nc(C)no1)N1CCN(c2ccc(OC)cc2)CC1. The Kier molecular flexibility index (Phi) is 5.93. The number of anilines is 1. The molecule has 1 aliphatic rings. The molecule has 0 aliphatic carbocycles. The first-order valence-corrected chi connectivity index (χ1v) is 8.91. The summed E-state index contributed by atoms with van der Waals surface area (Å²) in [7, 11) is 1.69. The summed E-state index contributed by atoms with van der Waals surface area (Å²) in [6.45, 7) is 8.77. The predicted octanol–water partition coefficient (Wildman–Crippen LogP) is 1.67. The highest BCUT2D eigenvalue weighted by Crippen LogP contribution is 2.20. The molecule has 0 spiro atoms. The molecule has 0 unspecified atom stereocenters. The second-order valence-corrected chi connectivity index (χ2v) is 6.08. The van der Waals surface area contributed by atoms with Crippen molar-refractivity contribution < 1.29 is 9.26 Å². The van der Waals surface area contributed by atoms with Crippen LogP contribution in [0.1, 0.15) is 18.6 Å². The van der Waals surface area contributed by atoms with Crippen molar-refractivity contribution in [2.75, 3.05) is 44.7 Å². The summed E-state index contributed by atoms with van der Waals surface area (Å²) in [5.41, 5.74) is 1.22. The molecule has 0 saturated carbocycles. The Hall–Kier alpha value is -2.77. The Morgan fingerprint density at radius 3 is 2.54 bits per heavy atom. The van der Waals surface area contributed by atoms with Gasteiger partial charge in [0.1, 0.15) is 12.3 Å². The Morgan fingerprint density at radius 2 is 1.96 bits per heavy atom. The van der Waals surface area contributed by atoms with Crippen LogP contribution in [0.5, 0.6) is 5.75 Å². The van der Waals surface area contributed by atoms with E-state index in [1.54, 1.807) is 14.0 Å². The van der Waals surface area contributed by atoms with E-state index in [1.165, 1.54) is 5.69 Å². The first-order valence-electron chi connectivity index (χ1n) is 8.91. The van der Waals surface area contributed by atoms with Gasteiger partial charge in [-0.2, -0.15) is 4.98 Å². The molecule has 1 fully saturated rings. The predicted molar refractivity (Wildman–Crippen MR) is 101 cm³/mol. The maximum Gasteiger partial charge on any atom is 0.248 e. The fourth-order valence-corrected chi connectivity index (χ4v) is 2.94. The highest BCUT2D eigenvalue weighted by atomic mass is 16.5. The monoisotopic (exact) mass is 358 g/mol. The third kappa shape index (κ3) is 4.44. The highest BCUT2D eigenvalue weighted by Gasteiger charge is 2.20. The molecule has 8 heteroatoms. The maximum absolute atomic E-state index is 5.23. The van der Waals surface area contributed by atoms with E-state index in [-0.39, 0.29) is 0 Å². The highest BCUT2D eigenvalue weighted by molar-refractivity contribution is 5.80. The topological polar surface area (TPSA) is 79.0 Å². The van der Waals surface area contributed by atoms with E-state index in [2.05, 4.69) is 49.3 Å². The van der Waals surface area contributed by atoms with Crippen LogP contribution in [-0.2, 0) is 6.54 Å². The van der Waals surface area contributed by atoms with Crippen LogP contribution in [0.25, 0.3) is 0 Å². The zero-order valence-corrected chi connectivity index (χ0v) is 15.6. The molecule has 1 aromatic heterocycles. The summed E-state index contributed by atoms with van der Waals surface area (Å²) in [6.07, 6.45) is 0. The van der Waals surface area contributed by atoms with Crippen molar-refractivity contribution in [1.82, 2.24) is 20.4 Å². The molecule has 26 heavy (non-hydrogen) atoms. The lowest BCUT2D eigenvalue weighted by Gasteiger charge is -2.37. The van der Waals surface area contributed by atoms with Crippen molar-refractivity contribution in [3.05, 3.63) is 36.0 Å². The van der Waals surface area contributed by atoms with E-state index in [4.69, 9.17) is 9.26 Å². The molecule has 1 N–H and O–H groups in total. The van der Waals surface area contributed by atoms with Crippen LogP contribution >= 0.6 is 0 Å². The minimum atomic E-state index is 0.391. The molecule has 3 rings (SSSR count). The zero-order valence-electron chi connectivity index (χ0n) is 15.6. The molecule has 2 aromatic rings. The Labute approximate surface area is 153 Å². The number of piperazine rings is 1. The molecule has 0 atom stereocenters. The smallest absolute Gasteiger partial charge is 0.248 e. The lowest BCUT2D eigenvalue weighted by molar-refractivity contribution is 0.363. The van der Waals surface area contributed by atoms with Crippen molar-refractivity contribution in [2.24, 2.45) is 4.99 Å². The molecule has 1 saturated heterocycles. The van der Waals surface area contributed by atoms with Crippen molar-refractivity contribution in [1.29, 1.82) is 0 Å². The number of rotatable bonds is 5. The minimum Gasteiger partial charge on any atom is -0.497 e. The number of hydrogen-bond acceptors (Lipinski definition) is 6. The van der Waals surface area contributed by atoms with Crippen LogP contribution in [-0.4, -0.2) is 60.8 Å². The van der Waals surface area contributed by atoms with Crippen molar-refractivity contribution in [3.8, 4) is 5.75 Å².